The van der Waals surface area contributed by atoms with E-state index in [9.17, 15) is 0 Å². The van der Waals surface area contributed by atoms with Crippen LogP contribution in [0.25, 0.3) is 98.8 Å². The van der Waals surface area contributed by atoms with Crippen molar-refractivity contribution >= 4 is 54.3 Å². The molecule has 9 aromatic carbocycles. The van der Waals surface area contributed by atoms with Crippen molar-refractivity contribution < 1.29 is 4.42 Å². The fraction of sp³-hybridized carbons (Fsp3) is 0. The molecule has 1 aromatic heterocycles. The Kier molecular flexibility index (Phi) is 5.64. The summed E-state index contributed by atoms with van der Waals surface area (Å²) in [7, 11) is 0. The van der Waals surface area contributed by atoms with Crippen LogP contribution in [0.5, 0.6) is 0 Å². The van der Waals surface area contributed by atoms with Crippen molar-refractivity contribution in [2.45, 2.75) is 0 Å². The van der Waals surface area contributed by atoms with E-state index in [0.29, 0.717) is 0 Å². The normalized spacial score (nSPS) is 11.8. The summed E-state index contributed by atoms with van der Waals surface area (Å²) in [5.41, 5.74) is 11.5. The minimum Gasteiger partial charge on any atom is -0.455 e. The van der Waals surface area contributed by atoms with Crippen LogP contribution < -0.4 is 0 Å². The summed E-state index contributed by atoms with van der Waals surface area (Å²) >= 11 is 0. The molecule has 0 unspecified atom stereocenters. The first-order chi connectivity index (χ1) is 23.3. The third-order valence-corrected chi connectivity index (χ3v) is 9.87. The standard InChI is InChI=1S/C46H28O/c1-3-9-29(10-4-1)30-17-19-32(20-18-30)35-25-23-33-21-22-34-24-26-37(40-28-27-39(35)43(33)44(34)40)38-14-8-16-42-45(38)41-15-7-13-36(46(41)47-42)31-11-5-2-6-12-31/h1-28H. The van der Waals surface area contributed by atoms with E-state index >= 15 is 0 Å². The molecule has 0 amide bonds. The topological polar surface area (TPSA) is 13.1 Å². The van der Waals surface area contributed by atoms with Gasteiger partial charge in [0.15, 0.2) is 0 Å². The maximum Gasteiger partial charge on any atom is 0.143 e. The number of para-hydroxylation sites is 1. The molecule has 0 saturated heterocycles. The van der Waals surface area contributed by atoms with Gasteiger partial charge in [0.05, 0.1) is 0 Å². The first-order valence-electron chi connectivity index (χ1n) is 16.2. The summed E-state index contributed by atoms with van der Waals surface area (Å²) in [6.07, 6.45) is 0. The van der Waals surface area contributed by atoms with E-state index in [4.69, 9.17) is 4.42 Å². The van der Waals surface area contributed by atoms with Gasteiger partial charge in [-0.05, 0) is 77.3 Å². The Hall–Kier alpha value is -6.18. The van der Waals surface area contributed by atoms with Crippen LogP contribution in [0.3, 0.4) is 0 Å². The van der Waals surface area contributed by atoms with Gasteiger partial charge in [0.1, 0.15) is 11.2 Å². The number of hydrogen-bond acceptors (Lipinski definition) is 1. The van der Waals surface area contributed by atoms with Crippen molar-refractivity contribution in [1.82, 2.24) is 0 Å². The fourth-order valence-corrected chi connectivity index (χ4v) is 7.68. The highest BCUT2D eigenvalue weighted by Gasteiger charge is 2.19. The summed E-state index contributed by atoms with van der Waals surface area (Å²) in [6, 6.07) is 61.4. The first kappa shape index (κ1) is 26.1. The zero-order valence-corrected chi connectivity index (χ0v) is 25.6. The smallest absolute Gasteiger partial charge is 0.143 e. The summed E-state index contributed by atoms with van der Waals surface area (Å²) in [5.74, 6) is 0. The maximum atomic E-state index is 6.63. The van der Waals surface area contributed by atoms with Gasteiger partial charge in [-0.3, -0.25) is 0 Å². The van der Waals surface area contributed by atoms with Crippen LogP contribution in [0.1, 0.15) is 0 Å². The van der Waals surface area contributed by atoms with Crippen LogP contribution in [0, 0.1) is 0 Å². The van der Waals surface area contributed by atoms with Gasteiger partial charge in [0.2, 0.25) is 0 Å². The SMILES string of the molecule is c1ccc(-c2ccc(-c3ccc4ccc5ccc(-c6cccc7oc8c(-c9ccccc9)cccc8c67)c6ccc3c4c56)cc2)cc1. The fourth-order valence-electron chi connectivity index (χ4n) is 7.68. The Morgan fingerprint density at radius 3 is 1.53 bits per heavy atom. The first-order valence-corrected chi connectivity index (χ1v) is 16.2. The van der Waals surface area contributed by atoms with Crippen molar-refractivity contribution in [3.05, 3.63) is 170 Å². The molecule has 10 aromatic rings. The summed E-state index contributed by atoms with van der Waals surface area (Å²) in [6.45, 7) is 0. The molecule has 0 fully saturated rings. The monoisotopic (exact) mass is 596 g/mol. The predicted molar refractivity (Wildman–Crippen MR) is 199 cm³/mol. The van der Waals surface area contributed by atoms with Crippen LogP contribution in [-0.2, 0) is 0 Å². The van der Waals surface area contributed by atoms with Crippen molar-refractivity contribution in [2.75, 3.05) is 0 Å². The quantitative estimate of drug-likeness (QED) is 0.184. The lowest BCUT2D eigenvalue weighted by Crippen LogP contribution is -1.90. The molecule has 0 aliphatic heterocycles. The van der Waals surface area contributed by atoms with Crippen LogP contribution in [0.2, 0.25) is 0 Å². The molecule has 0 radical (unpaired) electrons. The number of rotatable bonds is 4. The number of fused-ring (bicyclic) bond motifs is 3. The van der Waals surface area contributed by atoms with Gasteiger partial charge < -0.3 is 4.42 Å². The molecule has 10 rings (SSSR count). The molecule has 1 nitrogen and oxygen atoms in total. The molecule has 47 heavy (non-hydrogen) atoms. The zero-order valence-electron chi connectivity index (χ0n) is 25.6. The van der Waals surface area contributed by atoms with Crippen molar-refractivity contribution in [2.24, 2.45) is 0 Å². The van der Waals surface area contributed by atoms with Gasteiger partial charge in [-0.1, -0.05) is 164 Å². The molecular weight excluding hydrogens is 569 g/mol. The Bertz CT molecular complexity index is 2750. The molecule has 0 spiro atoms. The lowest BCUT2D eigenvalue weighted by molar-refractivity contribution is 0.670. The average molecular weight is 597 g/mol. The van der Waals surface area contributed by atoms with E-state index in [2.05, 4.69) is 170 Å². The Morgan fingerprint density at radius 1 is 0.277 bits per heavy atom. The Balaban J connectivity index is 1.19. The van der Waals surface area contributed by atoms with Crippen LogP contribution in [0.4, 0.5) is 0 Å². The molecule has 0 aliphatic carbocycles. The zero-order chi connectivity index (χ0) is 30.9. The Labute approximate surface area is 272 Å². The molecule has 0 aliphatic rings. The molecule has 1 heterocycles. The van der Waals surface area contributed by atoms with E-state index < -0.39 is 0 Å². The van der Waals surface area contributed by atoms with Gasteiger partial charge >= 0.3 is 0 Å². The van der Waals surface area contributed by atoms with Crippen LogP contribution in [-0.4, -0.2) is 0 Å². The van der Waals surface area contributed by atoms with E-state index in [1.807, 2.05) is 0 Å². The summed E-state index contributed by atoms with van der Waals surface area (Å²) in [4.78, 5) is 0. The van der Waals surface area contributed by atoms with E-state index in [-0.39, 0.29) is 0 Å². The average Bonchev–Trinajstić information content (AvgIpc) is 3.54. The lowest BCUT2D eigenvalue weighted by Gasteiger charge is -2.17. The number of benzene rings is 9. The highest BCUT2D eigenvalue weighted by molar-refractivity contribution is 6.29. The second-order valence-electron chi connectivity index (χ2n) is 12.4. The minimum atomic E-state index is 0.910. The Morgan fingerprint density at radius 2 is 0.809 bits per heavy atom. The van der Waals surface area contributed by atoms with Gasteiger partial charge in [0.25, 0.3) is 0 Å². The second kappa shape index (κ2) is 10.2. The van der Waals surface area contributed by atoms with Gasteiger partial charge in [0, 0.05) is 16.3 Å². The number of furan rings is 1. The molecule has 0 bridgehead atoms. The van der Waals surface area contributed by atoms with Gasteiger partial charge in [-0.15, -0.1) is 0 Å². The lowest BCUT2D eigenvalue weighted by atomic mass is 9.86. The molecular formula is C46H28O. The van der Waals surface area contributed by atoms with E-state index in [1.54, 1.807) is 0 Å². The van der Waals surface area contributed by atoms with E-state index in [1.165, 1.54) is 65.7 Å². The summed E-state index contributed by atoms with van der Waals surface area (Å²) in [5, 5.41) is 10.0. The highest BCUT2D eigenvalue weighted by Crippen LogP contribution is 2.46. The van der Waals surface area contributed by atoms with Gasteiger partial charge in [-0.25, -0.2) is 0 Å². The number of hydrogen-bond donors (Lipinski definition) is 0. The van der Waals surface area contributed by atoms with E-state index in [0.717, 1.165) is 33.1 Å². The maximum absolute atomic E-state index is 6.63. The third kappa shape index (κ3) is 3.97. The second-order valence-corrected chi connectivity index (χ2v) is 12.4. The molecule has 218 valence electrons. The van der Waals surface area contributed by atoms with Crippen molar-refractivity contribution in [1.29, 1.82) is 0 Å². The highest BCUT2D eigenvalue weighted by atomic mass is 16.3. The van der Waals surface area contributed by atoms with Crippen molar-refractivity contribution in [3.8, 4) is 44.5 Å². The van der Waals surface area contributed by atoms with Crippen LogP contribution >= 0.6 is 0 Å². The van der Waals surface area contributed by atoms with Crippen molar-refractivity contribution in [3.63, 3.8) is 0 Å². The largest absolute Gasteiger partial charge is 0.455 e. The van der Waals surface area contributed by atoms with Crippen LogP contribution in [0.15, 0.2) is 174 Å². The molecule has 0 saturated carbocycles. The third-order valence-electron chi connectivity index (χ3n) is 9.87. The molecule has 1 heteroatoms. The van der Waals surface area contributed by atoms with Gasteiger partial charge in [-0.2, -0.15) is 0 Å². The minimum absolute atomic E-state index is 0.910. The molecule has 0 N–H and O–H groups in total. The molecule has 0 atom stereocenters. The summed E-state index contributed by atoms with van der Waals surface area (Å²) < 4.78 is 6.63. The predicted octanol–water partition coefficient (Wildman–Crippen LogP) is 13.2.